The molecule has 1 saturated carbocycles. The fraction of sp³-hybridized carbons (Fsp3) is 0.500. The van der Waals surface area contributed by atoms with Gasteiger partial charge in [0, 0.05) is 31.9 Å². The zero-order valence-electron chi connectivity index (χ0n) is 16.3. The van der Waals surface area contributed by atoms with Crippen LogP contribution in [0, 0.1) is 25.7 Å². The van der Waals surface area contributed by atoms with Crippen LogP contribution in [0.15, 0.2) is 12.1 Å². The van der Waals surface area contributed by atoms with Crippen LogP contribution in [-0.4, -0.2) is 41.3 Å². The van der Waals surface area contributed by atoms with Gasteiger partial charge in [0.05, 0.1) is 5.60 Å². The minimum Gasteiger partial charge on any atom is -0.354 e. The molecule has 0 N–H and O–H groups in total. The molecule has 0 atom stereocenters. The lowest BCUT2D eigenvalue weighted by molar-refractivity contribution is -0.174. The maximum atomic E-state index is 13.0. The third-order valence-electron chi connectivity index (χ3n) is 5.60. The number of ether oxygens (including phenoxy) is 1. The van der Waals surface area contributed by atoms with Gasteiger partial charge in [-0.05, 0) is 56.0 Å². The maximum absolute atomic E-state index is 13.0. The predicted molar refractivity (Wildman–Crippen MR) is 101 cm³/mol. The van der Waals surface area contributed by atoms with Crippen LogP contribution in [0.25, 0.3) is 0 Å². The molecule has 0 unspecified atom stereocenters. The molecule has 1 aliphatic heterocycles. The molecular formula is C22H25NO4. The van der Waals surface area contributed by atoms with E-state index < -0.39 is 11.5 Å². The molecule has 1 amide bonds. The average Bonchev–Trinajstić information content (AvgIpc) is 2.57. The first-order valence-corrected chi connectivity index (χ1v) is 9.25. The third kappa shape index (κ3) is 3.68. The Morgan fingerprint density at radius 1 is 1.19 bits per heavy atom. The van der Waals surface area contributed by atoms with E-state index in [0.29, 0.717) is 13.0 Å². The molecule has 1 aromatic carbocycles. The fourth-order valence-corrected chi connectivity index (χ4v) is 4.27. The quantitative estimate of drug-likeness (QED) is 0.565. The predicted octanol–water partition coefficient (Wildman–Crippen LogP) is 2.66. The Morgan fingerprint density at radius 3 is 2.22 bits per heavy atom. The minimum atomic E-state index is -0.758. The molecule has 1 aliphatic carbocycles. The normalized spacial score (nSPS) is 25.3. The van der Waals surface area contributed by atoms with Gasteiger partial charge in [0.25, 0.3) is 0 Å². The summed E-state index contributed by atoms with van der Waals surface area (Å²) in [4.78, 5) is 39.1. The van der Waals surface area contributed by atoms with Crippen molar-refractivity contribution in [1.29, 1.82) is 0 Å². The van der Waals surface area contributed by atoms with Crippen molar-refractivity contribution in [3.63, 3.8) is 0 Å². The van der Waals surface area contributed by atoms with Crippen LogP contribution in [-0.2, 0) is 19.1 Å². The van der Waals surface area contributed by atoms with Crippen molar-refractivity contribution in [3.05, 3.63) is 34.4 Å². The SMILES string of the molecule is CC#Cc1cc(C)c(C2C(=O)CC3(CCN(C(C)=O)CO3)CC2=O)c(C)c1. The van der Waals surface area contributed by atoms with Crippen LogP contribution >= 0.6 is 0 Å². The monoisotopic (exact) mass is 367 g/mol. The van der Waals surface area contributed by atoms with Crippen molar-refractivity contribution in [2.75, 3.05) is 13.3 Å². The van der Waals surface area contributed by atoms with Gasteiger partial charge in [0.1, 0.15) is 12.6 Å². The van der Waals surface area contributed by atoms with Gasteiger partial charge in [-0.15, -0.1) is 5.92 Å². The van der Waals surface area contributed by atoms with Crippen molar-refractivity contribution >= 4 is 17.5 Å². The molecule has 0 aromatic heterocycles. The zero-order chi connectivity index (χ0) is 19.8. The van der Waals surface area contributed by atoms with Crippen molar-refractivity contribution < 1.29 is 19.1 Å². The van der Waals surface area contributed by atoms with E-state index in [1.165, 1.54) is 6.92 Å². The van der Waals surface area contributed by atoms with Gasteiger partial charge in [-0.3, -0.25) is 14.4 Å². The number of carbonyl (C=O) groups is 3. The highest BCUT2D eigenvalue weighted by molar-refractivity contribution is 6.11. The Morgan fingerprint density at radius 2 is 1.78 bits per heavy atom. The first-order valence-electron chi connectivity index (χ1n) is 9.25. The number of benzene rings is 1. The number of amides is 1. The summed E-state index contributed by atoms with van der Waals surface area (Å²) in [6.45, 7) is 7.79. The standard InChI is InChI=1S/C22H25NO4/c1-5-6-17-9-14(2)20(15(3)10-17)21-18(25)11-22(12-19(21)26)7-8-23(13-27-22)16(4)24/h9-10,21H,7-8,11-13H2,1-4H3. The average molecular weight is 367 g/mol. The number of rotatable bonds is 1. The molecule has 2 fully saturated rings. The van der Waals surface area contributed by atoms with Crippen molar-refractivity contribution in [2.24, 2.45) is 0 Å². The highest BCUT2D eigenvalue weighted by Crippen LogP contribution is 2.41. The van der Waals surface area contributed by atoms with Gasteiger partial charge in [0.15, 0.2) is 11.6 Å². The summed E-state index contributed by atoms with van der Waals surface area (Å²) < 4.78 is 5.86. The Bertz CT molecular complexity index is 823. The topological polar surface area (TPSA) is 63.7 Å². The molecule has 27 heavy (non-hydrogen) atoms. The minimum absolute atomic E-state index is 0.0577. The third-order valence-corrected chi connectivity index (χ3v) is 5.60. The van der Waals surface area contributed by atoms with Crippen LogP contribution in [0.3, 0.4) is 0 Å². The summed E-state index contributed by atoms with van der Waals surface area (Å²) in [5.74, 6) is 4.93. The molecule has 1 heterocycles. The molecule has 0 radical (unpaired) electrons. The zero-order valence-corrected chi connectivity index (χ0v) is 16.3. The molecule has 3 rings (SSSR count). The highest BCUT2D eigenvalue weighted by atomic mass is 16.5. The molecule has 1 spiro atoms. The van der Waals surface area contributed by atoms with E-state index in [9.17, 15) is 14.4 Å². The number of ketones is 2. The number of carbonyl (C=O) groups excluding carboxylic acids is 3. The van der Waals surface area contributed by atoms with Crippen LogP contribution in [0.1, 0.15) is 61.3 Å². The lowest BCUT2D eigenvalue weighted by atomic mass is 9.71. The molecule has 0 bridgehead atoms. The Labute approximate surface area is 160 Å². The van der Waals surface area contributed by atoms with E-state index in [4.69, 9.17) is 4.74 Å². The number of hydrogen-bond donors (Lipinski definition) is 0. The smallest absolute Gasteiger partial charge is 0.221 e. The second-order valence-electron chi connectivity index (χ2n) is 7.61. The van der Waals surface area contributed by atoms with E-state index in [1.54, 1.807) is 11.8 Å². The van der Waals surface area contributed by atoms with Crippen LogP contribution in [0.5, 0.6) is 0 Å². The number of nitrogens with zero attached hydrogens (tertiary/aromatic N) is 1. The van der Waals surface area contributed by atoms with Crippen molar-refractivity contribution in [3.8, 4) is 11.8 Å². The Balaban J connectivity index is 1.85. The highest BCUT2D eigenvalue weighted by Gasteiger charge is 2.48. The number of hydrogen-bond acceptors (Lipinski definition) is 4. The summed E-state index contributed by atoms with van der Waals surface area (Å²) in [6, 6.07) is 3.87. The molecule has 2 aliphatic rings. The summed E-state index contributed by atoms with van der Waals surface area (Å²) in [7, 11) is 0. The maximum Gasteiger partial charge on any atom is 0.221 e. The molecular weight excluding hydrogens is 342 g/mol. The second kappa shape index (κ2) is 7.28. The molecule has 5 heteroatoms. The summed E-state index contributed by atoms with van der Waals surface area (Å²) in [5.41, 5.74) is 2.78. The van der Waals surface area contributed by atoms with Gasteiger partial charge in [-0.25, -0.2) is 0 Å². The Kier molecular flexibility index (Phi) is 5.21. The van der Waals surface area contributed by atoms with Gasteiger partial charge in [-0.1, -0.05) is 5.92 Å². The van der Waals surface area contributed by atoms with E-state index in [1.807, 2.05) is 26.0 Å². The van der Waals surface area contributed by atoms with Gasteiger partial charge < -0.3 is 9.64 Å². The molecule has 5 nitrogen and oxygen atoms in total. The first kappa shape index (κ1) is 19.3. The summed E-state index contributed by atoms with van der Waals surface area (Å²) >= 11 is 0. The second-order valence-corrected chi connectivity index (χ2v) is 7.61. The van der Waals surface area contributed by atoms with Crippen LogP contribution in [0.4, 0.5) is 0 Å². The lowest BCUT2D eigenvalue weighted by Crippen LogP contribution is -2.53. The first-order chi connectivity index (χ1) is 12.8. The van der Waals surface area contributed by atoms with Gasteiger partial charge in [0.2, 0.25) is 5.91 Å². The lowest BCUT2D eigenvalue weighted by Gasteiger charge is -2.44. The summed E-state index contributed by atoms with van der Waals surface area (Å²) in [5, 5.41) is 0. The van der Waals surface area contributed by atoms with Crippen LogP contribution in [0.2, 0.25) is 0 Å². The largest absolute Gasteiger partial charge is 0.354 e. The molecule has 1 aromatic rings. The van der Waals surface area contributed by atoms with E-state index in [2.05, 4.69) is 11.8 Å². The van der Waals surface area contributed by atoms with E-state index >= 15 is 0 Å². The van der Waals surface area contributed by atoms with Crippen molar-refractivity contribution in [2.45, 2.75) is 58.5 Å². The summed E-state index contributed by atoms with van der Waals surface area (Å²) in [6.07, 6.45) is 0.939. The van der Waals surface area contributed by atoms with Crippen LogP contribution < -0.4 is 0 Å². The number of Topliss-reactive ketones (excluding diaryl/α,β-unsaturated/α-hetero) is 2. The number of aryl methyl sites for hydroxylation is 2. The van der Waals surface area contributed by atoms with Gasteiger partial charge in [-0.2, -0.15) is 0 Å². The molecule has 1 saturated heterocycles. The fourth-order valence-electron chi connectivity index (χ4n) is 4.27. The van der Waals surface area contributed by atoms with E-state index in [0.717, 1.165) is 22.3 Å². The van der Waals surface area contributed by atoms with Gasteiger partial charge >= 0.3 is 0 Å². The molecule has 142 valence electrons. The van der Waals surface area contributed by atoms with E-state index in [-0.39, 0.29) is 37.0 Å². The Hall–Kier alpha value is -2.45. The van der Waals surface area contributed by atoms with Crippen molar-refractivity contribution in [1.82, 2.24) is 4.90 Å².